The Morgan fingerprint density at radius 1 is 1.55 bits per heavy atom. The minimum absolute atomic E-state index is 0.300. The molecule has 0 fully saturated rings. The highest BCUT2D eigenvalue weighted by Crippen LogP contribution is 2.27. The zero-order chi connectivity index (χ0) is 8.43. The lowest BCUT2D eigenvalue weighted by molar-refractivity contribution is 0.383. The summed E-state index contributed by atoms with van der Waals surface area (Å²) in [7, 11) is 1.45. The van der Waals surface area contributed by atoms with E-state index < -0.39 is 0 Å². The summed E-state index contributed by atoms with van der Waals surface area (Å²) in [6.07, 6.45) is 0. The zero-order valence-corrected chi connectivity index (χ0v) is 9.44. The minimum Gasteiger partial charge on any atom is -0.493 e. The van der Waals surface area contributed by atoms with E-state index in [0.29, 0.717) is 5.75 Å². The first-order valence-electron chi connectivity index (χ1n) is 2.83. The first-order valence-corrected chi connectivity index (χ1v) is 4.71. The molecular formula is C7H5BrFIO. The van der Waals surface area contributed by atoms with Crippen LogP contribution in [-0.2, 0) is 0 Å². The molecule has 0 N–H and O–H groups in total. The maximum atomic E-state index is 13.0. The number of methoxy groups -OCH3 is 1. The lowest BCUT2D eigenvalue weighted by Gasteiger charge is -2.04. The minimum atomic E-state index is -0.341. The molecule has 0 radical (unpaired) electrons. The molecule has 0 bridgehead atoms. The van der Waals surface area contributed by atoms with Crippen molar-refractivity contribution < 1.29 is 9.13 Å². The highest BCUT2D eigenvalue weighted by atomic mass is 127. The maximum absolute atomic E-state index is 13.0. The van der Waals surface area contributed by atoms with E-state index in [9.17, 15) is 4.39 Å². The standard InChI is InChI=1S/C7H5BrFIO/c1-11-7-5(9)2-4(8)3-6(7)10/h2-3H,1H3. The lowest BCUT2D eigenvalue weighted by atomic mass is 10.3. The predicted octanol–water partition coefficient (Wildman–Crippen LogP) is 3.20. The summed E-state index contributed by atoms with van der Waals surface area (Å²) in [6.45, 7) is 0. The quantitative estimate of drug-likeness (QED) is 0.718. The Morgan fingerprint density at radius 3 is 2.64 bits per heavy atom. The number of ether oxygens (including phenoxy) is 1. The second-order valence-electron chi connectivity index (χ2n) is 1.90. The molecule has 0 atom stereocenters. The van der Waals surface area contributed by atoms with E-state index in [1.165, 1.54) is 13.2 Å². The Bertz CT molecular complexity index is 254. The van der Waals surface area contributed by atoms with Crippen LogP contribution in [0.2, 0.25) is 0 Å². The van der Waals surface area contributed by atoms with Crippen LogP contribution in [-0.4, -0.2) is 7.11 Å². The normalized spacial score (nSPS) is 9.82. The largest absolute Gasteiger partial charge is 0.493 e. The van der Waals surface area contributed by atoms with E-state index in [1.807, 2.05) is 22.6 Å². The van der Waals surface area contributed by atoms with Gasteiger partial charge in [0, 0.05) is 4.47 Å². The van der Waals surface area contributed by atoms with Gasteiger partial charge in [0.25, 0.3) is 0 Å². The van der Waals surface area contributed by atoms with Crippen LogP contribution in [0.4, 0.5) is 4.39 Å². The molecule has 0 aliphatic rings. The van der Waals surface area contributed by atoms with E-state index in [2.05, 4.69) is 15.9 Å². The van der Waals surface area contributed by atoms with Crippen molar-refractivity contribution in [3.63, 3.8) is 0 Å². The van der Waals surface area contributed by atoms with E-state index in [0.717, 1.165) is 8.04 Å². The van der Waals surface area contributed by atoms with Crippen molar-refractivity contribution in [1.29, 1.82) is 0 Å². The molecule has 4 heteroatoms. The lowest BCUT2D eigenvalue weighted by Crippen LogP contribution is -1.90. The summed E-state index contributed by atoms with van der Waals surface area (Å²) < 4.78 is 19.3. The average molecular weight is 331 g/mol. The molecule has 0 saturated carbocycles. The van der Waals surface area contributed by atoms with Gasteiger partial charge in [-0.25, -0.2) is 4.39 Å². The monoisotopic (exact) mass is 330 g/mol. The molecule has 60 valence electrons. The van der Waals surface area contributed by atoms with Crippen molar-refractivity contribution in [2.24, 2.45) is 0 Å². The van der Waals surface area contributed by atoms with Gasteiger partial charge in [0.15, 0.2) is 11.6 Å². The Morgan fingerprint density at radius 2 is 2.18 bits per heavy atom. The Balaban J connectivity index is 3.25. The second kappa shape index (κ2) is 3.71. The summed E-state index contributed by atoms with van der Waals surface area (Å²) in [5, 5.41) is 0. The topological polar surface area (TPSA) is 9.23 Å². The van der Waals surface area contributed by atoms with Crippen molar-refractivity contribution in [3.8, 4) is 5.75 Å². The molecule has 0 amide bonds. The van der Waals surface area contributed by atoms with Gasteiger partial charge in [0.1, 0.15) is 0 Å². The third-order valence-corrected chi connectivity index (χ3v) is 2.43. The van der Waals surface area contributed by atoms with Gasteiger partial charge >= 0.3 is 0 Å². The number of benzene rings is 1. The van der Waals surface area contributed by atoms with Gasteiger partial charge in [-0.2, -0.15) is 0 Å². The summed E-state index contributed by atoms with van der Waals surface area (Å²) in [5.41, 5.74) is 0. The summed E-state index contributed by atoms with van der Waals surface area (Å²) in [6, 6.07) is 3.17. The Kier molecular flexibility index (Phi) is 3.12. The van der Waals surface area contributed by atoms with Gasteiger partial charge < -0.3 is 4.74 Å². The first-order chi connectivity index (χ1) is 5.15. The van der Waals surface area contributed by atoms with Crippen LogP contribution in [0.1, 0.15) is 0 Å². The van der Waals surface area contributed by atoms with Crippen LogP contribution in [0.15, 0.2) is 16.6 Å². The number of halogens is 3. The molecule has 0 aromatic heterocycles. The van der Waals surface area contributed by atoms with E-state index in [4.69, 9.17) is 4.74 Å². The molecule has 11 heavy (non-hydrogen) atoms. The van der Waals surface area contributed by atoms with Crippen LogP contribution in [0.5, 0.6) is 5.75 Å². The van der Waals surface area contributed by atoms with Crippen molar-refractivity contribution in [2.75, 3.05) is 7.11 Å². The van der Waals surface area contributed by atoms with Crippen molar-refractivity contribution in [1.82, 2.24) is 0 Å². The molecule has 0 aliphatic carbocycles. The number of hydrogen-bond acceptors (Lipinski definition) is 1. The van der Waals surface area contributed by atoms with Crippen molar-refractivity contribution in [2.45, 2.75) is 0 Å². The highest BCUT2D eigenvalue weighted by Gasteiger charge is 2.07. The molecule has 0 aliphatic heterocycles. The van der Waals surface area contributed by atoms with Crippen LogP contribution >= 0.6 is 38.5 Å². The molecule has 0 saturated heterocycles. The van der Waals surface area contributed by atoms with Crippen LogP contribution < -0.4 is 4.74 Å². The molecule has 0 heterocycles. The number of hydrogen-bond donors (Lipinski definition) is 0. The fourth-order valence-corrected chi connectivity index (χ4v) is 2.40. The Hall–Kier alpha value is 0.160. The zero-order valence-electron chi connectivity index (χ0n) is 5.70. The molecule has 1 aromatic carbocycles. The summed E-state index contributed by atoms with van der Waals surface area (Å²) in [5.74, 6) is -0.0416. The van der Waals surface area contributed by atoms with Crippen LogP contribution in [0.25, 0.3) is 0 Å². The van der Waals surface area contributed by atoms with Gasteiger partial charge in [-0.05, 0) is 34.7 Å². The smallest absolute Gasteiger partial charge is 0.167 e. The molecule has 0 unspecified atom stereocenters. The van der Waals surface area contributed by atoms with E-state index in [1.54, 1.807) is 6.07 Å². The van der Waals surface area contributed by atoms with Gasteiger partial charge in [0.05, 0.1) is 10.7 Å². The third-order valence-electron chi connectivity index (χ3n) is 1.17. The van der Waals surface area contributed by atoms with Crippen molar-refractivity contribution >= 4 is 38.5 Å². The first kappa shape index (κ1) is 9.25. The molecular weight excluding hydrogens is 326 g/mol. The SMILES string of the molecule is COc1c(F)cc(Br)cc1I. The van der Waals surface area contributed by atoms with E-state index in [-0.39, 0.29) is 5.82 Å². The van der Waals surface area contributed by atoms with Crippen molar-refractivity contribution in [3.05, 3.63) is 26.0 Å². The van der Waals surface area contributed by atoms with Gasteiger partial charge in [-0.1, -0.05) is 15.9 Å². The molecule has 1 rings (SSSR count). The van der Waals surface area contributed by atoms with Gasteiger partial charge in [0.2, 0.25) is 0 Å². The van der Waals surface area contributed by atoms with Crippen LogP contribution in [0, 0.1) is 9.39 Å². The summed E-state index contributed by atoms with van der Waals surface area (Å²) in [4.78, 5) is 0. The molecule has 0 spiro atoms. The average Bonchev–Trinajstić information content (AvgIpc) is 1.85. The predicted molar refractivity (Wildman–Crippen MR) is 53.4 cm³/mol. The Labute approximate surface area is 86.2 Å². The highest BCUT2D eigenvalue weighted by molar-refractivity contribution is 14.1. The second-order valence-corrected chi connectivity index (χ2v) is 3.98. The van der Waals surface area contributed by atoms with E-state index >= 15 is 0 Å². The maximum Gasteiger partial charge on any atom is 0.167 e. The fraction of sp³-hybridized carbons (Fsp3) is 0.143. The number of rotatable bonds is 1. The van der Waals surface area contributed by atoms with Gasteiger partial charge in [-0.3, -0.25) is 0 Å². The molecule has 1 aromatic rings. The molecule has 1 nitrogen and oxygen atoms in total. The third kappa shape index (κ3) is 2.05. The van der Waals surface area contributed by atoms with Gasteiger partial charge in [-0.15, -0.1) is 0 Å². The fourth-order valence-electron chi connectivity index (χ4n) is 0.724. The summed E-state index contributed by atoms with van der Waals surface area (Å²) >= 11 is 5.19. The van der Waals surface area contributed by atoms with Crippen LogP contribution in [0.3, 0.4) is 0 Å².